The summed E-state index contributed by atoms with van der Waals surface area (Å²) in [7, 11) is -2.03. The van der Waals surface area contributed by atoms with Crippen LogP contribution in [-0.2, 0) is 30.0 Å². The molecule has 0 saturated carbocycles. The third-order valence-corrected chi connectivity index (χ3v) is 12.2. The number of carbonyl (C=O) groups is 1. The summed E-state index contributed by atoms with van der Waals surface area (Å²) in [5.41, 5.74) is 1.66. The van der Waals surface area contributed by atoms with E-state index in [0.29, 0.717) is 32.0 Å². The lowest BCUT2D eigenvalue weighted by Crippen LogP contribution is -2.55. The van der Waals surface area contributed by atoms with Crippen molar-refractivity contribution in [3.63, 3.8) is 0 Å². The summed E-state index contributed by atoms with van der Waals surface area (Å²) in [6.07, 6.45) is -1.31. The van der Waals surface area contributed by atoms with Crippen LogP contribution in [0.1, 0.15) is 50.5 Å². The first-order valence-electron chi connectivity index (χ1n) is 13.3. The van der Waals surface area contributed by atoms with Crippen LogP contribution in [-0.4, -0.2) is 52.6 Å². The molecule has 5 unspecified atom stereocenters. The minimum Gasteiger partial charge on any atom is -0.456 e. The van der Waals surface area contributed by atoms with Crippen molar-refractivity contribution in [1.82, 2.24) is 0 Å². The summed E-state index contributed by atoms with van der Waals surface area (Å²) in [5.74, 6) is -0.310. The normalized spacial score (nSPS) is 24.6. The molecule has 1 heterocycles. The molecule has 0 spiro atoms. The van der Waals surface area contributed by atoms with E-state index in [-0.39, 0.29) is 22.8 Å². The van der Waals surface area contributed by atoms with Crippen LogP contribution in [0.15, 0.2) is 60.7 Å². The Morgan fingerprint density at radius 1 is 0.919 bits per heavy atom. The van der Waals surface area contributed by atoms with Crippen molar-refractivity contribution in [1.29, 1.82) is 0 Å². The number of hydrogen-bond acceptors (Lipinski definition) is 6. The monoisotopic (exact) mass is 528 g/mol. The van der Waals surface area contributed by atoms with Crippen LogP contribution >= 0.6 is 0 Å². The zero-order valence-electron chi connectivity index (χ0n) is 23.4. The second-order valence-electron chi connectivity index (χ2n) is 11.5. The van der Waals surface area contributed by atoms with Crippen LogP contribution in [0.5, 0.6) is 0 Å². The molecule has 0 amide bonds. The molecule has 0 radical (unpaired) electrons. The lowest BCUT2D eigenvalue weighted by atomic mass is 9.84. The van der Waals surface area contributed by atoms with Gasteiger partial charge >= 0.3 is 5.97 Å². The van der Waals surface area contributed by atoms with Gasteiger partial charge in [-0.25, -0.2) is 4.79 Å². The van der Waals surface area contributed by atoms with Gasteiger partial charge in [-0.3, -0.25) is 0 Å². The molecule has 0 aliphatic carbocycles. The molecule has 37 heavy (non-hydrogen) atoms. The van der Waals surface area contributed by atoms with E-state index in [1.807, 2.05) is 48.5 Å². The van der Waals surface area contributed by atoms with Gasteiger partial charge in [-0.05, 0) is 35.8 Å². The first-order valence-corrected chi connectivity index (χ1v) is 16.2. The van der Waals surface area contributed by atoms with Gasteiger partial charge in [-0.15, -0.1) is 0 Å². The Kier molecular flexibility index (Phi) is 10.5. The second-order valence-corrected chi connectivity index (χ2v) is 16.3. The van der Waals surface area contributed by atoms with E-state index in [0.717, 1.165) is 5.56 Å². The third kappa shape index (κ3) is 8.22. The zero-order chi connectivity index (χ0) is 27.1. The molecule has 2 aromatic rings. The predicted octanol–water partition coefficient (Wildman–Crippen LogP) is 6.46. The van der Waals surface area contributed by atoms with Gasteiger partial charge in [0.1, 0.15) is 12.2 Å². The van der Waals surface area contributed by atoms with Crippen LogP contribution in [0.4, 0.5) is 0 Å². The van der Waals surface area contributed by atoms with Gasteiger partial charge in [-0.2, -0.15) is 0 Å². The lowest BCUT2D eigenvalue weighted by molar-refractivity contribution is -0.269. The second kappa shape index (κ2) is 13.2. The molecule has 3 rings (SSSR count). The highest BCUT2D eigenvalue weighted by Crippen LogP contribution is 2.39. The Balaban J connectivity index is 1.64. The summed E-state index contributed by atoms with van der Waals surface area (Å²) in [6, 6.07) is 19.2. The Morgan fingerprint density at radius 2 is 1.54 bits per heavy atom. The fourth-order valence-electron chi connectivity index (χ4n) is 4.03. The molecular formula is C30H44O6Si. The summed E-state index contributed by atoms with van der Waals surface area (Å²) >= 11 is 0. The van der Waals surface area contributed by atoms with Gasteiger partial charge in [0, 0.05) is 11.8 Å². The Morgan fingerprint density at radius 3 is 2.16 bits per heavy atom. The molecule has 0 bridgehead atoms. The maximum absolute atomic E-state index is 13.0. The Labute approximate surface area is 223 Å². The van der Waals surface area contributed by atoms with E-state index >= 15 is 0 Å². The topological polar surface area (TPSA) is 63.2 Å². The highest BCUT2D eigenvalue weighted by molar-refractivity contribution is 6.74. The van der Waals surface area contributed by atoms with Crippen molar-refractivity contribution in [2.24, 2.45) is 11.8 Å². The average molecular weight is 529 g/mol. The van der Waals surface area contributed by atoms with Crippen molar-refractivity contribution < 1.29 is 28.2 Å². The largest absolute Gasteiger partial charge is 0.456 e. The molecular weight excluding hydrogens is 484 g/mol. The van der Waals surface area contributed by atoms with Crippen molar-refractivity contribution in [3.05, 3.63) is 71.8 Å². The molecule has 1 aliphatic rings. The van der Waals surface area contributed by atoms with Crippen LogP contribution in [0, 0.1) is 11.8 Å². The van der Waals surface area contributed by atoms with E-state index in [1.54, 1.807) is 12.1 Å². The van der Waals surface area contributed by atoms with Crippen molar-refractivity contribution >= 4 is 14.3 Å². The Hall–Kier alpha value is -2.03. The molecule has 1 saturated heterocycles. The molecule has 0 aromatic heterocycles. The van der Waals surface area contributed by atoms with Gasteiger partial charge in [0.25, 0.3) is 0 Å². The van der Waals surface area contributed by atoms with Gasteiger partial charge in [0.2, 0.25) is 0 Å². The average Bonchev–Trinajstić information content (AvgIpc) is 2.87. The molecule has 204 valence electrons. The maximum atomic E-state index is 13.0. The number of hydrogen-bond donors (Lipinski definition) is 0. The molecule has 1 aliphatic heterocycles. The number of esters is 1. The molecule has 7 heteroatoms. The van der Waals surface area contributed by atoms with Gasteiger partial charge in [-0.1, -0.05) is 83.1 Å². The van der Waals surface area contributed by atoms with Crippen LogP contribution in [0.25, 0.3) is 0 Å². The smallest absolute Gasteiger partial charge is 0.338 e. The quantitative estimate of drug-likeness (QED) is 0.189. The van der Waals surface area contributed by atoms with Crippen LogP contribution < -0.4 is 0 Å². The fraction of sp³-hybridized carbons (Fsp3) is 0.567. The molecule has 6 nitrogen and oxygen atoms in total. The summed E-state index contributed by atoms with van der Waals surface area (Å²) < 4.78 is 30.9. The fourth-order valence-corrected chi connectivity index (χ4v) is 5.04. The lowest BCUT2D eigenvalue weighted by Gasteiger charge is -2.45. The van der Waals surface area contributed by atoms with E-state index in [9.17, 15) is 4.79 Å². The van der Waals surface area contributed by atoms with Gasteiger partial charge in [0.15, 0.2) is 14.6 Å². The molecule has 2 aromatic carbocycles. The number of carbonyl (C=O) groups excluding carboxylic acids is 1. The molecule has 0 N–H and O–H groups in total. The maximum Gasteiger partial charge on any atom is 0.338 e. The number of ether oxygens (including phenoxy) is 4. The van der Waals surface area contributed by atoms with E-state index in [2.05, 4.69) is 47.7 Å². The SMILES string of the molecule is CC1C(OCCOCc2ccccc2)OC(CO[Si](C)(C)C(C)(C)C)C(OC(=O)c2ccccc2)C1C. The van der Waals surface area contributed by atoms with Crippen LogP contribution in [0.3, 0.4) is 0 Å². The summed E-state index contributed by atoms with van der Waals surface area (Å²) in [4.78, 5) is 13.0. The highest BCUT2D eigenvalue weighted by Gasteiger charge is 2.46. The first-order chi connectivity index (χ1) is 17.5. The third-order valence-electron chi connectivity index (χ3n) is 7.74. The summed E-state index contributed by atoms with van der Waals surface area (Å²) in [6.45, 7) is 17.0. The minimum absolute atomic E-state index is 0.0182. The van der Waals surface area contributed by atoms with Gasteiger partial charge in [0.05, 0.1) is 32.0 Å². The highest BCUT2D eigenvalue weighted by atomic mass is 28.4. The van der Waals surface area contributed by atoms with Crippen LogP contribution in [0.2, 0.25) is 18.1 Å². The van der Waals surface area contributed by atoms with Crippen molar-refractivity contribution in [2.75, 3.05) is 19.8 Å². The van der Waals surface area contributed by atoms with Gasteiger partial charge < -0.3 is 23.4 Å². The van der Waals surface area contributed by atoms with E-state index in [1.165, 1.54) is 0 Å². The predicted molar refractivity (Wildman–Crippen MR) is 148 cm³/mol. The van der Waals surface area contributed by atoms with Crippen molar-refractivity contribution in [3.8, 4) is 0 Å². The number of rotatable bonds is 11. The first kappa shape index (κ1) is 29.5. The summed E-state index contributed by atoms with van der Waals surface area (Å²) in [5, 5.41) is 0.0583. The minimum atomic E-state index is -2.03. The van der Waals surface area contributed by atoms with Crippen molar-refractivity contribution in [2.45, 2.75) is 77.9 Å². The van der Waals surface area contributed by atoms with E-state index in [4.69, 9.17) is 23.4 Å². The molecule has 5 atom stereocenters. The molecule has 1 fully saturated rings. The standard InChI is InChI=1S/C30H44O6Si/c1-22-23(2)29(33-19-18-32-20-24-14-10-8-11-15-24)35-26(21-34-37(6,7)30(3,4)5)27(22)36-28(31)25-16-12-9-13-17-25/h8-17,22-23,26-27,29H,18-21H2,1-7H3. The number of benzene rings is 2. The zero-order valence-corrected chi connectivity index (χ0v) is 24.4. The van der Waals surface area contributed by atoms with E-state index < -0.39 is 26.8 Å². The Bertz CT molecular complexity index is 959.